The van der Waals surface area contributed by atoms with Gasteiger partial charge in [-0.1, -0.05) is 12.2 Å². The second-order valence-corrected chi connectivity index (χ2v) is 9.78. The van der Waals surface area contributed by atoms with Crippen molar-refractivity contribution in [1.29, 1.82) is 5.26 Å². The Morgan fingerprint density at radius 1 is 1.21 bits per heavy atom. The van der Waals surface area contributed by atoms with Crippen molar-refractivity contribution in [1.82, 2.24) is 10.3 Å². The quantitative estimate of drug-likeness (QED) is 0.494. The van der Waals surface area contributed by atoms with Crippen molar-refractivity contribution in [3.05, 3.63) is 64.0 Å². The number of nitriles is 1. The number of aryl methyl sites for hydroxylation is 1. The van der Waals surface area contributed by atoms with Crippen LogP contribution in [-0.4, -0.2) is 28.1 Å². The molecule has 0 amide bonds. The van der Waals surface area contributed by atoms with Gasteiger partial charge in [-0.3, -0.25) is 4.98 Å². The number of hydrogen-bond acceptors (Lipinski definition) is 4. The van der Waals surface area contributed by atoms with E-state index in [4.69, 9.17) is 22.2 Å². The maximum atomic E-state index is 15.7. The van der Waals surface area contributed by atoms with E-state index in [9.17, 15) is 4.39 Å². The van der Waals surface area contributed by atoms with Gasteiger partial charge in [0.25, 0.3) is 0 Å². The molecule has 1 saturated heterocycles. The van der Waals surface area contributed by atoms with Crippen molar-refractivity contribution in [3.8, 4) is 6.07 Å². The Bertz CT molecular complexity index is 1180. The van der Waals surface area contributed by atoms with E-state index in [1.807, 2.05) is 6.07 Å². The van der Waals surface area contributed by atoms with E-state index in [1.54, 1.807) is 6.07 Å². The zero-order valence-electron chi connectivity index (χ0n) is 18.4. The first-order valence-corrected chi connectivity index (χ1v) is 11.0. The molecular formula is C24H23F4N3OS. The number of nitrogens with one attached hydrogen (secondary N) is 1. The van der Waals surface area contributed by atoms with Gasteiger partial charge in [-0.2, -0.15) is 5.26 Å². The summed E-state index contributed by atoms with van der Waals surface area (Å²) in [6.07, 6.45) is 2.97. The fourth-order valence-corrected chi connectivity index (χ4v) is 5.05. The van der Waals surface area contributed by atoms with E-state index < -0.39 is 28.7 Å². The molecule has 1 fully saturated rings. The highest BCUT2D eigenvalue weighted by atomic mass is 32.1. The normalized spacial score (nSPS) is 25.6. The molecule has 0 bridgehead atoms. The largest absolute Gasteiger partial charge is 0.363 e. The molecule has 1 aromatic heterocycles. The molecule has 1 aliphatic carbocycles. The summed E-state index contributed by atoms with van der Waals surface area (Å²) in [4.78, 5) is 4.37. The van der Waals surface area contributed by atoms with Crippen LogP contribution in [0.25, 0.3) is 0 Å². The van der Waals surface area contributed by atoms with Gasteiger partial charge < -0.3 is 10.1 Å². The molecule has 0 radical (unpaired) electrons. The summed E-state index contributed by atoms with van der Waals surface area (Å²) in [6.45, 7) is 3.36. The van der Waals surface area contributed by atoms with Crippen LogP contribution in [-0.2, 0) is 23.1 Å². The second-order valence-electron chi connectivity index (χ2n) is 9.29. The zero-order chi connectivity index (χ0) is 24.2. The molecule has 2 atom stereocenters. The number of benzene rings is 1. The third-order valence-electron chi connectivity index (χ3n) is 6.76. The Hall–Kier alpha value is -2.57. The number of fused-ring (bicyclic) bond motifs is 1. The maximum absolute atomic E-state index is 15.7. The zero-order valence-corrected chi connectivity index (χ0v) is 19.3. The molecule has 0 spiro atoms. The van der Waals surface area contributed by atoms with Gasteiger partial charge in [-0.15, -0.1) is 0 Å². The van der Waals surface area contributed by atoms with Crippen molar-refractivity contribution < 1.29 is 22.3 Å². The number of nitrogens with zero attached hydrogens (tertiary/aromatic N) is 2. The molecule has 4 rings (SSSR count). The molecule has 0 unspecified atom stereocenters. The molecular weight excluding hydrogens is 454 g/mol. The summed E-state index contributed by atoms with van der Waals surface area (Å²) in [6, 6.07) is 5.62. The average molecular weight is 478 g/mol. The van der Waals surface area contributed by atoms with Crippen LogP contribution in [0.1, 0.15) is 61.1 Å². The molecule has 2 aromatic rings. The van der Waals surface area contributed by atoms with Crippen LogP contribution < -0.4 is 5.32 Å². The first-order chi connectivity index (χ1) is 15.4. The smallest absolute Gasteiger partial charge is 0.302 e. The minimum absolute atomic E-state index is 0.00948. The Kier molecular flexibility index (Phi) is 5.74. The molecule has 33 heavy (non-hydrogen) atoms. The van der Waals surface area contributed by atoms with Gasteiger partial charge in [-0.25, -0.2) is 17.6 Å². The lowest BCUT2D eigenvalue weighted by Crippen LogP contribution is -2.62. The number of rotatable bonds is 3. The maximum Gasteiger partial charge on any atom is 0.302 e. The number of alkyl halides is 2. The molecule has 1 N–H and O–H groups in total. The van der Waals surface area contributed by atoms with Crippen molar-refractivity contribution in [2.45, 2.75) is 63.0 Å². The predicted octanol–water partition coefficient (Wildman–Crippen LogP) is 5.08. The van der Waals surface area contributed by atoms with Crippen LogP contribution >= 0.6 is 12.2 Å². The van der Waals surface area contributed by atoms with Crippen LogP contribution in [0.15, 0.2) is 24.4 Å². The number of thiocarbonyl (C=S) groups is 1. The van der Waals surface area contributed by atoms with Gasteiger partial charge in [0.2, 0.25) is 0 Å². The summed E-state index contributed by atoms with van der Waals surface area (Å²) < 4.78 is 66.5. The highest BCUT2D eigenvalue weighted by molar-refractivity contribution is 7.80. The molecule has 9 heteroatoms. The minimum atomic E-state index is -3.59. The van der Waals surface area contributed by atoms with Crippen molar-refractivity contribution in [2.75, 3.05) is 6.61 Å². The molecule has 2 heterocycles. The lowest BCUT2D eigenvalue weighted by molar-refractivity contribution is -0.216. The van der Waals surface area contributed by atoms with Crippen molar-refractivity contribution >= 4 is 17.2 Å². The summed E-state index contributed by atoms with van der Waals surface area (Å²) in [5.41, 5.74) is -2.37. The van der Waals surface area contributed by atoms with E-state index in [2.05, 4.69) is 10.3 Å². The molecule has 0 saturated carbocycles. The Morgan fingerprint density at radius 2 is 1.94 bits per heavy atom. The number of halogens is 4. The van der Waals surface area contributed by atoms with E-state index >= 15 is 13.2 Å². The summed E-state index contributed by atoms with van der Waals surface area (Å²) in [5, 5.41) is 11.6. The first-order valence-electron chi connectivity index (χ1n) is 10.6. The monoisotopic (exact) mass is 477 g/mol. The number of ether oxygens (including phenoxy) is 1. The Balaban J connectivity index is 1.76. The van der Waals surface area contributed by atoms with Crippen LogP contribution in [0.5, 0.6) is 0 Å². The lowest BCUT2D eigenvalue weighted by atomic mass is 9.77. The molecule has 1 aliphatic heterocycles. The van der Waals surface area contributed by atoms with Gasteiger partial charge in [0.05, 0.1) is 12.2 Å². The standard InChI is InChI=1S/C24H23F4N3OS/c1-22(2)24(27,28)23(3,31-20(33)12-32-22)17-8-16(18(25)9-19(17)26)7-15-5-4-14-6-13(10-29)11-30-21(14)15/h6,8-9,11,15H,4-5,7,12H2,1-3H3,(H,31,33)/t15-,23-/m1/s1. The van der Waals surface area contributed by atoms with Gasteiger partial charge in [0.1, 0.15) is 33.8 Å². The van der Waals surface area contributed by atoms with Gasteiger partial charge in [0.15, 0.2) is 0 Å². The Morgan fingerprint density at radius 3 is 2.64 bits per heavy atom. The van der Waals surface area contributed by atoms with E-state index in [-0.39, 0.29) is 35.1 Å². The SMILES string of the molecule is CC1(C)OCC(=S)N[C@](C)(c2cc(C[C@H]3CCc4cc(C#N)cnc43)c(F)cc2F)C1(F)F. The van der Waals surface area contributed by atoms with Crippen molar-refractivity contribution in [3.63, 3.8) is 0 Å². The highest BCUT2D eigenvalue weighted by Crippen LogP contribution is 2.48. The molecule has 4 nitrogen and oxygen atoms in total. The third-order valence-corrected chi connectivity index (χ3v) is 6.98. The minimum Gasteiger partial charge on any atom is -0.363 e. The lowest BCUT2D eigenvalue weighted by Gasteiger charge is -2.44. The van der Waals surface area contributed by atoms with Crippen LogP contribution in [0.3, 0.4) is 0 Å². The fourth-order valence-electron chi connectivity index (χ4n) is 4.78. The fraction of sp³-hybridized carbons (Fsp3) is 0.458. The van der Waals surface area contributed by atoms with Crippen molar-refractivity contribution in [2.24, 2.45) is 0 Å². The van der Waals surface area contributed by atoms with Crippen LogP contribution in [0.2, 0.25) is 0 Å². The van der Waals surface area contributed by atoms with Gasteiger partial charge in [0, 0.05) is 29.4 Å². The number of pyridine rings is 1. The summed E-state index contributed by atoms with van der Waals surface area (Å²) in [5.74, 6) is -5.66. The third kappa shape index (κ3) is 3.79. The van der Waals surface area contributed by atoms with Crippen LogP contribution in [0, 0.1) is 23.0 Å². The Labute approximate surface area is 195 Å². The summed E-state index contributed by atoms with van der Waals surface area (Å²) >= 11 is 5.13. The van der Waals surface area contributed by atoms with Crippen LogP contribution in [0.4, 0.5) is 17.6 Å². The van der Waals surface area contributed by atoms with Gasteiger partial charge in [-0.05, 0) is 63.3 Å². The molecule has 2 aliphatic rings. The highest BCUT2D eigenvalue weighted by Gasteiger charge is 2.64. The number of hydrogen-bond donors (Lipinski definition) is 1. The van der Waals surface area contributed by atoms with E-state index in [0.29, 0.717) is 24.5 Å². The molecule has 1 aromatic carbocycles. The van der Waals surface area contributed by atoms with E-state index in [0.717, 1.165) is 24.2 Å². The van der Waals surface area contributed by atoms with Gasteiger partial charge >= 0.3 is 5.92 Å². The first kappa shape index (κ1) is 23.6. The summed E-state index contributed by atoms with van der Waals surface area (Å²) in [7, 11) is 0. The topological polar surface area (TPSA) is 57.9 Å². The second kappa shape index (κ2) is 8.03. The average Bonchev–Trinajstić information content (AvgIpc) is 3.13. The predicted molar refractivity (Wildman–Crippen MR) is 118 cm³/mol. The number of aromatic nitrogens is 1. The molecule has 174 valence electrons. The van der Waals surface area contributed by atoms with E-state index in [1.165, 1.54) is 20.0 Å².